The van der Waals surface area contributed by atoms with Gasteiger partial charge in [0.2, 0.25) is 11.8 Å². The molecule has 1 heterocycles. The number of aromatic nitrogens is 2. The second kappa shape index (κ2) is 6.85. The van der Waals surface area contributed by atoms with Gasteiger partial charge < -0.3 is 9.52 Å². The number of aliphatic hydroxyl groups excluding tert-OH is 1. The van der Waals surface area contributed by atoms with Crippen LogP contribution in [0.4, 0.5) is 0 Å². The smallest absolute Gasteiger partial charge is 0.230 e. The molecule has 18 heavy (non-hydrogen) atoms. The second-order valence-electron chi connectivity index (χ2n) is 5.77. The monoisotopic (exact) mass is 255 g/mol. The molecule has 0 aliphatic rings. The van der Waals surface area contributed by atoms with E-state index in [4.69, 9.17) is 9.52 Å². The Balaban J connectivity index is 2.35. The molecular formula is C13H25N3O2. The maximum Gasteiger partial charge on any atom is 0.230 e. The zero-order valence-corrected chi connectivity index (χ0v) is 11.9. The summed E-state index contributed by atoms with van der Waals surface area (Å²) in [7, 11) is 2.04. The standard InChI is InChI=1S/C13H25N3O2/c1-13(2,3)12-15-14-11(18-12)10-16(4)8-6-5-7-9-17/h17H,5-10H2,1-4H3. The lowest BCUT2D eigenvalue weighted by Gasteiger charge is -2.14. The zero-order chi connectivity index (χ0) is 13.6. The summed E-state index contributed by atoms with van der Waals surface area (Å²) >= 11 is 0. The van der Waals surface area contributed by atoms with Crippen molar-refractivity contribution in [3.05, 3.63) is 11.8 Å². The van der Waals surface area contributed by atoms with Gasteiger partial charge in [-0.05, 0) is 32.9 Å². The van der Waals surface area contributed by atoms with Crippen LogP contribution in [0.3, 0.4) is 0 Å². The molecule has 0 aromatic carbocycles. The first-order valence-electron chi connectivity index (χ1n) is 6.55. The van der Waals surface area contributed by atoms with Crippen LogP contribution in [-0.2, 0) is 12.0 Å². The van der Waals surface area contributed by atoms with E-state index in [0.29, 0.717) is 18.3 Å². The van der Waals surface area contributed by atoms with E-state index in [1.807, 2.05) is 7.05 Å². The van der Waals surface area contributed by atoms with Crippen LogP contribution in [0, 0.1) is 0 Å². The minimum absolute atomic E-state index is 0.0923. The Hall–Kier alpha value is -0.940. The number of nitrogens with zero attached hydrogens (tertiary/aromatic N) is 3. The molecule has 1 aromatic heterocycles. The van der Waals surface area contributed by atoms with Gasteiger partial charge in [0, 0.05) is 12.0 Å². The van der Waals surface area contributed by atoms with Crippen molar-refractivity contribution in [3.8, 4) is 0 Å². The van der Waals surface area contributed by atoms with Crippen molar-refractivity contribution in [2.24, 2.45) is 0 Å². The molecule has 5 nitrogen and oxygen atoms in total. The van der Waals surface area contributed by atoms with E-state index in [1.165, 1.54) is 0 Å². The SMILES string of the molecule is CN(CCCCCO)Cc1nnc(C(C)(C)C)o1. The summed E-state index contributed by atoms with van der Waals surface area (Å²) in [5.41, 5.74) is -0.0923. The fourth-order valence-electron chi connectivity index (χ4n) is 1.60. The minimum atomic E-state index is -0.0923. The molecule has 104 valence electrons. The highest BCUT2D eigenvalue weighted by Crippen LogP contribution is 2.20. The van der Waals surface area contributed by atoms with Crippen LogP contribution < -0.4 is 0 Å². The normalized spacial score (nSPS) is 12.3. The van der Waals surface area contributed by atoms with E-state index in [9.17, 15) is 0 Å². The maximum absolute atomic E-state index is 8.70. The van der Waals surface area contributed by atoms with Crippen molar-refractivity contribution in [2.75, 3.05) is 20.2 Å². The van der Waals surface area contributed by atoms with Gasteiger partial charge in [-0.1, -0.05) is 20.8 Å². The molecule has 1 N–H and O–H groups in total. The first-order valence-corrected chi connectivity index (χ1v) is 6.55. The molecule has 0 saturated carbocycles. The third kappa shape index (κ3) is 5.14. The van der Waals surface area contributed by atoms with Gasteiger partial charge in [0.15, 0.2) is 0 Å². The predicted molar refractivity (Wildman–Crippen MR) is 70.3 cm³/mol. The minimum Gasteiger partial charge on any atom is -0.423 e. The van der Waals surface area contributed by atoms with Gasteiger partial charge in [-0.25, -0.2) is 0 Å². The highest BCUT2D eigenvalue weighted by atomic mass is 16.4. The summed E-state index contributed by atoms with van der Waals surface area (Å²) in [6, 6.07) is 0. The van der Waals surface area contributed by atoms with Gasteiger partial charge >= 0.3 is 0 Å². The molecule has 0 unspecified atom stereocenters. The zero-order valence-electron chi connectivity index (χ0n) is 11.9. The van der Waals surface area contributed by atoms with Crippen LogP contribution in [0.25, 0.3) is 0 Å². The van der Waals surface area contributed by atoms with Crippen molar-refractivity contribution in [2.45, 2.75) is 52.0 Å². The van der Waals surface area contributed by atoms with Gasteiger partial charge in [-0.2, -0.15) is 0 Å². The van der Waals surface area contributed by atoms with Gasteiger partial charge in [-0.3, -0.25) is 4.90 Å². The topological polar surface area (TPSA) is 62.4 Å². The molecule has 0 amide bonds. The molecule has 0 radical (unpaired) electrons. The van der Waals surface area contributed by atoms with E-state index >= 15 is 0 Å². The summed E-state index contributed by atoms with van der Waals surface area (Å²) in [6.07, 6.45) is 3.01. The van der Waals surface area contributed by atoms with Crippen LogP contribution in [-0.4, -0.2) is 40.4 Å². The van der Waals surface area contributed by atoms with E-state index < -0.39 is 0 Å². The Morgan fingerprint density at radius 3 is 2.44 bits per heavy atom. The van der Waals surface area contributed by atoms with Gasteiger partial charge in [0.25, 0.3) is 0 Å². The molecule has 0 spiro atoms. The first kappa shape index (κ1) is 15.1. The number of hydrogen-bond donors (Lipinski definition) is 1. The van der Waals surface area contributed by atoms with E-state index in [1.54, 1.807) is 0 Å². The molecule has 0 saturated heterocycles. The molecule has 0 fully saturated rings. The number of rotatable bonds is 7. The van der Waals surface area contributed by atoms with Crippen LogP contribution in [0.15, 0.2) is 4.42 Å². The lowest BCUT2D eigenvalue weighted by molar-refractivity contribution is 0.256. The van der Waals surface area contributed by atoms with Crippen LogP contribution in [0.1, 0.15) is 51.8 Å². The van der Waals surface area contributed by atoms with Crippen LogP contribution >= 0.6 is 0 Å². The first-order chi connectivity index (χ1) is 8.43. The van der Waals surface area contributed by atoms with Gasteiger partial charge in [0.1, 0.15) is 0 Å². The Labute approximate surface area is 109 Å². The summed E-state index contributed by atoms with van der Waals surface area (Å²) in [4.78, 5) is 2.16. The molecule has 0 atom stereocenters. The maximum atomic E-state index is 8.70. The Morgan fingerprint density at radius 1 is 1.17 bits per heavy atom. The summed E-state index contributed by atoms with van der Waals surface area (Å²) in [6.45, 7) is 8.12. The highest BCUT2D eigenvalue weighted by molar-refractivity contribution is 4.95. The summed E-state index contributed by atoms with van der Waals surface area (Å²) in [5, 5.41) is 16.8. The second-order valence-corrected chi connectivity index (χ2v) is 5.77. The Morgan fingerprint density at radius 2 is 1.89 bits per heavy atom. The molecule has 1 aromatic rings. The Kier molecular flexibility index (Phi) is 5.75. The molecule has 1 rings (SSSR count). The van der Waals surface area contributed by atoms with Crippen molar-refractivity contribution in [1.82, 2.24) is 15.1 Å². The van der Waals surface area contributed by atoms with Crippen molar-refractivity contribution in [1.29, 1.82) is 0 Å². The van der Waals surface area contributed by atoms with Crippen molar-refractivity contribution in [3.63, 3.8) is 0 Å². The summed E-state index contributed by atoms with van der Waals surface area (Å²) < 4.78 is 5.64. The van der Waals surface area contributed by atoms with Crippen molar-refractivity contribution < 1.29 is 9.52 Å². The average Bonchev–Trinajstić information content (AvgIpc) is 2.72. The lowest BCUT2D eigenvalue weighted by atomic mass is 9.97. The summed E-state index contributed by atoms with van der Waals surface area (Å²) in [5.74, 6) is 1.36. The van der Waals surface area contributed by atoms with Gasteiger partial charge in [-0.15, -0.1) is 10.2 Å². The molecular weight excluding hydrogens is 230 g/mol. The van der Waals surface area contributed by atoms with E-state index in [-0.39, 0.29) is 12.0 Å². The van der Waals surface area contributed by atoms with Crippen molar-refractivity contribution >= 4 is 0 Å². The third-order valence-electron chi connectivity index (χ3n) is 2.71. The fraction of sp³-hybridized carbons (Fsp3) is 0.846. The fourth-order valence-corrected chi connectivity index (χ4v) is 1.60. The molecule has 0 bridgehead atoms. The highest BCUT2D eigenvalue weighted by Gasteiger charge is 2.21. The van der Waals surface area contributed by atoms with E-state index in [0.717, 1.165) is 25.8 Å². The van der Waals surface area contributed by atoms with Gasteiger partial charge in [0.05, 0.1) is 6.54 Å². The predicted octanol–water partition coefficient (Wildman–Crippen LogP) is 1.96. The number of aliphatic hydroxyl groups is 1. The largest absolute Gasteiger partial charge is 0.423 e. The molecule has 5 heteroatoms. The Bertz CT molecular complexity index is 344. The third-order valence-corrected chi connectivity index (χ3v) is 2.71. The van der Waals surface area contributed by atoms with Crippen LogP contribution in [0.2, 0.25) is 0 Å². The van der Waals surface area contributed by atoms with E-state index in [2.05, 4.69) is 35.9 Å². The number of unbranched alkanes of at least 4 members (excludes halogenated alkanes) is 2. The number of hydrogen-bond acceptors (Lipinski definition) is 5. The van der Waals surface area contributed by atoms with Crippen LogP contribution in [0.5, 0.6) is 0 Å². The quantitative estimate of drug-likeness (QED) is 0.755. The average molecular weight is 255 g/mol. The molecule has 0 aliphatic carbocycles. The lowest BCUT2D eigenvalue weighted by Crippen LogP contribution is -2.19. The molecule has 0 aliphatic heterocycles.